The normalized spacial score (nSPS) is 11.2. The van der Waals surface area contributed by atoms with Crippen molar-refractivity contribution in [2.24, 2.45) is 0 Å². The van der Waals surface area contributed by atoms with Crippen LogP contribution in [0.5, 0.6) is 0 Å². The average molecular weight is 576 g/mol. The van der Waals surface area contributed by atoms with E-state index >= 15 is 0 Å². The van der Waals surface area contributed by atoms with Gasteiger partial charge in [-0.05, 0) is 35.1 Å². The van der Waals surface area contributed by atoms with Crippen molar-refractivity contribution in [3.05, 3.63) is 73.3 Å². The van der Waals surface area contributed by atoms with Gasteiger partial charge >= 0.3 is 14.5 Å². The lowest BCUT2D eigenvalue weighted by Gasteiger charge is -2.09. The van der Waals surface area contributed by atoms with E-state index in [1.807, 2.05) is 0 Å². The lowest BCUT2D eigenvalue weighted by Crippen LogP contribution is -2.32. The van der Waals surface area contributed by atoms with Crippen LogP contribution in [0.3, 0.4) is 0 Å². The molecule has 0 spiro atoms. The zero-order chi connectivity index (χ0) is 30.0. The molecule has 0 fully saturated rings. The summed E-state index contributed by atoms with van der Waals surface area (Å²) in [7, 11) is -12.0. The highest BCUT2D eigenvalue weighted by Crippen LogP contribution is 2.31. The summed E-state index contributed by atoms with van der Waals surface area (Å²) in [6, 6.07) is 17.8. The lowest BCUT2D eigenvalue weighted by atomic mass is 9.96. The van der Waals surface area contributed by atoms with Crippen molar-refractivity contribution < 1.29 is 43.7 Å². The lowest BCUT2D eigenvalue weighted by molar-refractivity contribution is -0.697. The Hall–Kier alpha value is -2.91. The van der Waals surface area contributed by atoms with Gasteiger partial charge in [-0.1, -0.05) is 63.8 Å². The number of hydrogen-bond acceptors (Lipinski definition) is 0. The van der Waals surface area contributed by atoms with Crippen molar-refractivity contribution in [3.63, 3.8) is 0 Å². The van der Waals surface area contributed by atoms with Crippen LogP contribution in [0, 0.1) is 0 Å². The van der Waals surface area contributed by atoms with Gasteiger partial charge in [0, 0.05) is 37.1 Å². The Balaban J connectivity index is 0.000000686. The molecule has 0 N–H and O–H groups in total. The van der Waals surface area contributed by atoms with Crippen molar-refractivity contribution in [1.29, 1.82) is 0 Å². The molecular formula is C28H38B2F8N2. The van der Waals surface area contributed by atoms with Gasteiger partial charge < -0.3 is 34.5 Å². The monoisotopic (exact) mass is 576 g/mol. The van der Waals surface area contributed by atoms with E-state index in [0.717, 1.165) is 13.1 Å². The maximum absolute atomic E-state index is 9.75. The maximum Gasteiger partial charge on any atom is 0.673 e. The SMILES string of the molecule is CCCCCC[n+]1ccc(-c2ccccc2-c2cc[n+](CCCCCC)cc2)cc1.F[B-](F)(F)F.F[B-](F)(F)F. The van der Waals surface area contributed by atoms with Gasteiger partial charge in [0.1, 0.15) is 13.1 Å². The molecule has 0 unspecified atom stereocenters. The second-order valence-electron chi connectivity index (χ2n) is 9.31. The third-order valence-electron chi connectivity index (χ3n) is 5.87. The minimum atomic E-state index is -6.00. The number of unbranched alkanes of at least 4 members (excludes halogenated alkanes) is 6. The van der Waals surface area contributed by atoms with Gasteiger partial charge in [0.05, 0.1) is 0 Å². The van der Waals surface area contributed by atoms with Gasteiger partial charge in [-0.2, -0.15) is 0 Å². The van der Waals surface area contributed by atoms with E-state index in [1.54, 1.807) is 0 Å². The topological polar surface area (TPSA) is 7.76 Å². The zero-order valence-electron chi connectivity index (χ0n) is 23.1. The molecule has 2 aromatic heterocycles. The predicted molar refractivity (Wildman–Crippen MR) is 146 cm³/mol. The number of aromatic nitrogens is 2. The van der Waals surface area contributed by atoms with Crippen molar-refractivity contribution in [2.45, 2.75) is 78.3 Å². The van der Waals surface area contributed by atoms with Crippen LogP contribution in [0.2, 0.25) is 0 Å². The Morgan fingerprint density at radius 1 is 0.475 bits per heavy atom. The summed E-state index contributed by atoms with van der Waals surface area (Å²) in [5.74, 6) is 0. The smallest absolute Gasteiger partial charge is 0.418 e. The van der Waals surface area contributed by atoms with E-state index < -0.39 is 14.5 Å². The Bertz CT molecular complexity index is 975. The molecule has 0 saturated carbocycles. The van der Waals surface area contributed by atoms with Gasteiger partial charge in [0.25, 0.3) is 0 Å². The molecule has 3 aromatic rings. The van der Waals surface area contributed by atoms with E-state index in [1.165, 1.54) is 73.6 Å². The van der Waals surface area contributed by atoms with Crippen molar-refractivity contribution in [2.75, 3.05) is 0 Å². The molecule has 0 bridgehead atoms. The van der Waals surface area contributed by atoms with E-state index in [0.29, 0.717) is 0 Å². The number of aryl methyl sites for hydroxylation is 2. The van der Waals surface area contributed by atoms with E-state index in [9.17, 15) is 34.5 Å². The van der Waals surface area contributed by atoms with Gasteiger partial charge in [0.15, 0.2) is 24.8 Å². The van der Waals surface area contributed by atoms with E-state index in [2.05, 4.69) is 96.3 Å². The minimum absolute atomic E-state index is 1.11. The van der Waals surface area contributed by atoms with Crippen LogP contribution in [0.25, 0.3) is 22.3 Å². The number of nitrogens with zero attached hydrogens (tertiary/aromatic N) is 2. The second-order valence-corrected chi connectivity index (χ2v) is 9.31. The van der Waals surface area contributed by atoms with Crippen LogP contribution >= 0.6 is 0 Å². The van der Waals surface area contributed by atoms with Gasteiger partial charge in [-0.3, -0.25) is 0 Å². The maximum atomic E-state index is 9.75. The summed E-state index contributed by atoms with van der Waals surface area (Å²) in [4.78, 5) is 0. The molecule has 0 atom stereocenters. The minimum Gasteiger partial charge on any atom is -0.418 e. The average Bonchev–Trinajstić information content (AvgIpc) is 2.88. The number of rotatable bonds is 12. The molecule has 0 radical (unpaired) electrons. The van der Waals surface area contributed by atoms with Crippen molar-refractivity contribution in [3.8, 4) is 22.3 Å². The number of halogens is 8. The summed E-state index contributed by atoms with van der Waals surface area (Å²) >= 11 is 0. The fourth-order valence-electron chi connectivity index (χ4n) is 4.00. The highest BCUT2D eigenvalue weighted by molar-refractivity contribution is 6.50. The molecule has 1 aromatic carbocycles. The third kappa shape index (κ3) is 17.6. The molecule has 3 rings (SSSR count). The first-order chi connectivity index (χ1) is 18.8. The molecule has 0 amide bonds. The molecule has 40 heavy (non-hydrogen) atoms. The van der Waals surface area contributed by atoms with Crippen LogP contribution in [0.4, 0.5) is 34.5 Å². The third-order valence-corrected chi connectivity index (χ3v) is 5.87. The van der Waals surface area contributed by atoms with Crippen LogP contribution < -0.4 is 9.13 Å². The first kappa shape index (κ1) is 35.1. The molecule has 222 valence electrons. The molecule has 0 aliphatic rings. The highest BCUT2D eigenvalue weighted by Gasteiger charge is 2.21. The molecular weight excluding hydrogens is 538 g/mol. The van der Waals surface area contributed by atoms with E-state index in [4.69, 9.17) is 0 Å². The Labute approximate surface area is 232 Å². The number of pyridine rings is 2. The van der Waals surface area contributed by atoms with Crippen LogP contribution in [-0.2, 0) is 13.1 Å². The summed E-state index contributed by atoms with van der Waals surface area (Å²) in [6.07, 6.45) is 19.3. The van der Waals surface area contributed by atoms with Crippen molar-refractivity contribution in [1.82, 2.24) is 0 Å². The fraction of sp³-hybridized carbons (Fsp3) is 0.429. The summed E-state index contributed by atoms with van der Waals surface area (Å²) in [5.41, 5.74) is 5.17. The van der Waals surface area contributed by atoms with Gasteiger partial charge in [-0.25, -0.2) is 9.13 Å². The largest absolute Gasteiger partial charge is 0.673 e. The summed E-state index contributed by atoms with van der Waals surface area (Å²) in [5, 5.41) is 0. The van der Waals surface area contributed by atoms with Crippen molar-refractivity contribution >= 4 is 14.5 Å². The predicted octanol–water partition coefficient (Wildman–Crippen LogP) is 9.36. The van der Waals surface area contributed by atoms with Gasteiger partial charge in [0.2, 0.25) is 0 Å². The molecule has 2 nitrogen and oxygen atoms in total. The van der Waals surface area contributed by atoms with Gasteiger partial charge in [-0.15, -0.1) is 0 Å². The van der Waals surface area contributed by atoms with Crippen LogP contribution in [-0.4, -0.2) is 14.5 Å². The molecule has 0 aliphatic heterocycles. The Morgan fingerprint density at radius 3 is 1.05 bits per heavy atom. The summed E-state index contributed by atoms with van der Waals surface area (Å²) < 4.78 is 82.6. The Kier molecular flexibility index (Phi) is 16.2. The molecule has 0 saturated heterocycles. The highest BCUT2D eigenvalue weighted by atomic mass is 19.5. The van der Waals surface area contributed by atoms with E-state index in [-0.39, 0.29) is 0 Å². The quantitative estimate of drug-likeness (QED) is 0.0879. The fourth-order valence-corrected chi connectivity index (χ4v) is 4.00. The first-order valence-electron chi connectivity index (χ1n) is 13.6. The summed E-state index contributed by atoms with van der Waals surface area (Å²) in [6.45, 7) is 6.75. The Morgan fingerprint density at radius 2 is 0.775 bits per heavy atom. The molecule has 0 aliphatic carbocycles. The van der Waals surface area contributed by atoms with Crippen LogP contribution in [0.1, 0.15) is 65.2 Å². The molecule has 2 heterocycles. The van der Waals surface area contributed by atoms with Crippen LogP contribution in [0.15, 0.2) is 73.3 Å². The zero-order valence-corrected chi connectivity index (χ0v) is 23.1. The second kappa shape index (κ2) is 18.4. The first-order valence-corrected chi connectivity index (χ1v) is 13.6. The number of hydrogen-bond donors (Lipinski definition) is 0. The standard InChI is InChI=1S/C28H38N2.2BF4/c1-3-5-7-11-19-29-21-15-25(16-22-29)27-13-9-10-14-28(27)26-17-23-30(24-18-26)20-12-8-6-4-2;2*2-1(3,4)5/h9-10,13-18,21-24H,3-8,11-12,19-20H2,1-2H3;;/q+2;2*-1. The molecule has 12 heteroatoms. The number of benzene rings is 1.